The highest BCUT2D eigenvalue weighted by Crippen LogP contribution is 2.28. The van der Waals surface area contributed by atoms with Crippen LogP contribution in [0.5, 0.6) is 0 Å². The van der Waals surface area contributed by atoms with E-state index in [4.69, 9.17) is 33.2 Å². The quantitative estimate of drug-likeness (QED) is 0.543. The number of piperazine rings is 1. The van der Waals surface area contributed by atoms with Crippen LogP contribution in [0.3, 0.4) is 0 Å². The summed E-state index contributed by atoms with van der Waals surface area (Å²) in [7, 11) is 0. The molecule has 0 unspecified atom stereocenters. The van der Waals surface area contributed by atoms with Gasteiger partial charge in [0.05, 0.1) is 17.6 Å². The van der Waals surface area contributed by atoms with Crippen LogP contribution in [0.15, 0.2) is 18.2 Å². The molecule has 9 nitrogen and oxygen atoms in total. The number of carboxylic acid groups (broad SMARTS) is 1. The number of nitrogens with zero attached hydrogens (tertiary/aromatic N) is 5. The number of alkyl halides is 1. The first kappa shape index (κ1) is 23.8. The summed E-state index contributed by atoms with van der Waals surface area (Å²) in [5.41, 5.74) is 2.45. The Morgan fingerprint density at radius 1 is 1.09 bits per heavy atom. The van der Waals surface area contributed by atoms with E-state index in [0.717, 1.165) is 16.8 Å². The lowest BCUT2D eigenvalue weighted by molar-refractivity contribution is -0.128. The number of benzene rings is 1. The molecule has 0 bridgehead atoms. The lowest BCUT2D eigenvalue weighted by Gasteiger charge is -2.35. The summed E-state index contributed by atoms with van der Waals surface area (Å²) >= 11 is 15.5. The molecule has 176 valence electrons. The van der Waals surface area contributed by atoms with Crippen molar-refractivity contribution in [2.45, 2.75) is 19.5 Å². The highest BCUT2D eigenvalue weighted by atomic mass is 79.9. The van der Waals surface area contributed by atoms with Crippen LogP contribution in [0.1, 0.15) is 16.8 Å². The third-order valence-corrected chi connectivity index (χ3v) is 6.88. The highest BCUT2D eigenvalue weighted by molar-refractivity contribution is 9.09. The van der Waals surface area contributed by atoms with E-state index in [9.17, 15) is 14.7 Å². The summed E-state index contributed by atoms with van der Waals surface area (Å²) in [6.07, 6.45) is -0.459. The van der Waals surface area contributed by atoms with Gasteiger partial charge in [-0.2, -0.15) is 4.98 Å². The third kappa shape index (κ3) is 5.44. The number of rotatable bonds is 5. The smallest absolute Gasteiger partial charge is 0.407 e. The van der Waals surface area contributed by atoms with Crippen molar-refractivity contribution in [3.63, 3.8) is 0 Å². The van der Waals surface area contributed by atoms with Crippen LogP contribution in [0.25, 0.3) is 0 Å². The maximum absolute atomic E-state index is 12.0. The molecule has 0 aliphatic carbocycles. The van der Waals surface area contributed by atoms with Crippen molar-refractivity contribution < 1.29 is 14.7 Å². The van der Waals surface area contributed by atoms with Crippen molar-refractivity contribution in [1.29, 1.82) is 0 Å². The van der Waals surface area contributed by atoms with Crippen molar-refractivity contribution >= 4 is 62.9 Å². The summed E-state index contributed by atoms with van der Waals surface area (Å²) in [5.74, 6) is 1.23. The first-order chi connectivity index (χ1) is 15.9. The summed E-state index contributed by atoms with van der Waals surface area (Å²) in [4.78, 5) is 38.3. The molecule has 0 radical (unpaired) electrons. The maximum Gasteiger partial charge on any atom is 0.407 e. The lowest BCUT2D eigenvalue weighted by Crippen LogP contribution is -2.49. The summed E-state index contributed by atoms with van der Waals surface area (Å²) < 4.78 is 0. The van der Waals surface area contributed by atoms with Gasteiger partial charge in [0.25, 0.3) is 0 Å². The van der Waals surface area contributed by atoms with E-state index in [1.165, 1.54) is 4.90 Å². The van der Waals surface area contributed by atoms with E-state index in [0.29, 0.717) is 72.8 Å². The van der Waals surface area contributed by atoms with Gasteiger partial charge in [-0.25, -0.2) is 9.78 Å². The minimum Gasteiger partial charge on any atom is -0.465 e. The van der Waals surface area contributed by atoms with Crippen LogP contribution in [-0.2, 0) is 24.3 Å². The van der Waals surface area contributed by atoms with Gasteiger partial charge >= 0.3 is 6.09 Å². The van der Waals surface area contributed by atoms with Crippen molar-refractivity contribution in [2.24, 2.45) is 0 Å². The standard InChI is InChI=1S/C21H23BrCl2N6O3/c22-10-18(31)28-5-7-29(8-6-28)20-26-17-3-4-30(21(32)33)12-15(17)19(27-20)25-11-13-1-2-14(23)9-16(13)24/h1-2,9H,3-8,10-12H2,(H,32,33)(H,25,26,27). The molecule has 3 heterocycles. The van der Waals surface area contributed by atoms with Crippen molar-refractivity contribution in [1.82, 2.24) is 19.8 Å². The van der Waals surface area contributed by atoms with Gasteiger partial charge in [-0.15, -0.1) is 0 Å². The molecule has 2 amide bonds. The van der Waals surface area contributed by atoms with E-state index in [-0.39, 0.29) is 12.5 Å². The average Bonchev–Trinajstić information content (AvgIpc) is 2.82. The summed E-state index contributed by atoms with van der Waals surface area (Å²) in [6.45, 7) is 3.45. The summed E-state index contributed by atoms with van der Waals surface area (Å²) in [6, 6.07) is 5.29. The third-order valence-electron chi connectivity index (χ3n) is 5.81. The molecule has 2 aromatic rings. The van der Waals surface area contributed by atoms with Crippen LogP contribution < -0.4 is 10.2 Å². The van der Waals surface area contributed by atoms with E-state index in [1.54, 1.807) is 12.1 Å². The predicted octanol–water partition coefficient (Wildman–Crippen LogP) is 3.48. The molecule has 1 saturated heterocycles. The Hall–Kier alpha value is -2.30. The Bertz CT molecular complexity index is 1060. The molecule has 1 aromatic carbocycles. The first-order valence-electron chi connectivity index (χ1n) is 10.5. The van der Waals surface area contributed by atoms with Gasteiger partial charge in [-0.1, -0.05) is 45.2 Å². The Labute approximate surface area is 209 Å². The van der Waals surface area contributed by atoms with Crippen LogP contribution >= 0.6 is 39.1 Å². The lowest BCUT2D eigenvalue weighted by atomic mass is 10.1. The second-order valence-electron chi connectivity index (χ2n) is 7.84. The van der Waals surface area contributed by atoms with Crippen LogP contribution in [0.4, 0.5) is 16.6 Å². The van der Waals surface area contributed by atoms with Gasteiger partial charge in [0.15, 0.2) is 0 Å². The number of nitrogens with one attached hydrogen (secondary N) is 1. The number of fused-ring (bicyclic) bond motifs is 1. The van der Waals surface area contributed by atoms with Gasteiger partial charge < -0.3 is 25.1 Å². The molecule has 1 aromatic heterocycles. The van der Waals surface area contributed by atoms with E-state index >= 15 is 0 Å². The molecule has 2 aliphatic heterocycles. The number of aromatic nitrogens is 2. The number of amides is 2. The molecular weight excluding hydrogens is 535 g/mol. The summed E-state index contributed by atoms with van der Waals surface area (Å²) in [5, 5.41) is 14.2. The monoisotopic (exact) mass is 556 g/mol. The Morgan fingerprint density at radius 3 is 2.52 bits per heavy atom. The normalized spacial score (nSPS) is 15.9. The van der Waals surface area contributed by atoms with Crippen molar-refractivity contribution in [2.75, 3.05) is 48.3 Å². The van der Waals surface area contributed by atoms with E-state index < -0.39 is 6.09 Å². The van der Waals surface area contributed by atoms with Crippen molar-refractivity contribution in [3.05, 3.63) is 45.1 Å². The maximum atomic E-state index is 12.0. The van der Waals surface area contributed by atoms with Crippen LogP contribution in [0.2, 0.25) is 10.0 Å². The topological polar surface area (TPSA) is 102 Å². The fourth-order valence-corrected chi connectivity index (χ4v) is 4.77. The van der Waals surface area contributed by atoms with Crippen LogP contribution in [0, 0.1) is 0 Å². The van der Waals surface area contributed by atoms with Crippen LogP contribution in [-0.4, -0.2) is 74.9 Å². The molecule has 2 aliphatic rings. The van der Waals surface area contributed by atoms with E-state index in [2.05, 4.69) is 26.1 Å². The van der Waals surface area contributed by atoms with Gasteiger partial charge in [0.1, 0.15) is 5.82 Å². The molecule has 4 rings (SSSR count). The molecular formula is C21H23BrCl2N6O3. The number of carbonyl (C=O) groups excluding carboxylic acids is 1. The minimum atomic E-state index is -0.969. The second kappa shape index (κ2) is 10.3. The zero-order valence-electron chi connectivity index (χ0n) is 17.7. The number of anilines is 2. The number of carbonyl (C=O) groups is 2. The molecule has 0 spiro atoms. The molecule has 33 heavy (non-hydrogen) atoms. The molecule has 0 saturated carbocycles. The molecule has 0 atom stereocenters. The zero-order chi connectivity index (χ0) is 23.5. The van der Waals surface area contributed by atoms with Gasteiger partial charge in [-0.05, 0) is 17.7 Å². The van der Waals surface area contributed by atoms with Crippen molar-refractivity contribution in [3.8, 4) is 0 Å². The minimum absolute atomic E-state index is 0.0666. The zero-order valence-corrected chi connectivity index (χ0v) is 20.8. The largest absolute Gasteiger partial charge is 0.465 e. The number of hydrogen-bond acceptors (Lipinski definition) is 6. The first-order valence-corrected chi connectivity index (χ1v) is 12.4. The molecule has 2 N–H and O–H groups in total. The fourth-order valence-electron chi connectivity index (χ4n) is 3.94. The second-order valence-corrected chi connectivity index (χ2v) is 9.25. The number of hydrogen-bond donors (Lipinski definition) is 2. The Balaban J connectivity index is 1.59. The molecule has 12 heteroatoms. The Morgan fingerprint density at radius 2 is 1.85 bits per heavy atom. The predicted molar refractivity (Wildman–Crippen MR) is 131 cm³/mol. The van der Waals surface area contributed by atoms with Gasteiger partial charge in [0, 0.05) is 61.3 Å². The SMILES string of the molecule is O=C(O)N1CCc2nc(N3CCN(C(=O)CBr)CC3)nc(NCc3ccc(Cl)cc3Cl)c2C1. The Kier molecular flexibility index (Phi) is 7.45. The van der Waals surface area contributed by atoms with Gasteiger partial charge in [-0.3, -0.25) is 4.79 Å². The van der Waals surface area contributed by atoms with E-state index in [1.807, 2.05) is 11.0 Å². The fraction of sp³-hybridized carbons (Fsp3) is 0.429. The molecule has 1 fully saturated rings. The van der Waals surface area contributed by atoms with Gasteiger partial charge in [0.2, 0.25) is 11.9 Å². The number of halogens is 3. The highest BCUT2D eigenvalue weighted by Gasteiger charge is 2.28. The average molecular weight is 558 g/mol.